The summed E-state index contributed by atoms with van der Waals surface area (Å²) in [7, 11) is 0. The quantitative estimate of drug-likeness (QED) is 0.729. The molecule has 1 heterocycles. The lowest BCUT2D eigenvalue weighted by Crippen LogP contribution is -2.42. The Morgan fingerprint density at radius 3 is 2.40 bits per heavy atom. The van der Waals surface area contributed by atoms with E-state index < -0.39 is 0 Å². The van der Waals surface area contributed by atoms with Gasteiger partial charge < -0.3 is 10.2 Å². The SMILES string of the molecule is C=C1C(C(C)CC)NC(=S)N1C(C)(C)C. The van der Waals surface area contributed by atoms with Gasteiger partial charge in [0.2, 0.25) is 0 Å². The van der Waals surface area contributed by atoms with E-state index in [1.807, 2.05) is 0 Å². The molecule has 0 bridgehead atoms. The molecule has 1 rings (SSSR count). The van der Waals surface area contributed by atoms with Crippen LogP contribution in [0.1, 0.15) is 41.0 Å². The van der Waals surface area contributed by atoms with E-state index in [2.05, 4.69) is 51.4 Å². The van der Waals surface area contributed by atoms with Crippen molar-refractivity contribution in [1.82, 2.24) is 10.2 Å². The van der Waals surface area contributed by atoms with Crippen LogP contribution in [0.25, 0.3) is 0 Å². The molecular formula is C12H22N2S. The van der Waals surface area contributed by atoms with E-state index in [1.54, 1.807) is 0 Å². The molecule has 0 spiro atoms. The molecule has 0 aliphatic carbocycles. The second-order valence-electron chi connectivity index (χ2n) is 5.31. The minimum absolute atomic E-state index is 0.0172. The van der Waals surface area contributed by atoms with E-state index >= 15 is 0 Å². The van der Waals surface area contributed by atoms with E-state index in [1.165, 1.54) is 0 Å². The number of hydrogen-bond acceptors (Lipinski definition) is 1. The topological polar surface area (TPSA) is 15.3 Å². The average Bonchev–Trinajstić information content (AvgIpc) is 2.39. The molecule has 0 amide bonds. The Morgan fingerprint density at radius 2 is 2.07 bits per heavy atom. The molecule has 0 radical (unpaired) electrons. The highest BCUT2D eigenvalue weighted by molar-refractivity contribution is 7.80. The summed E-state index contributed by atoms with van der Waals surface area (Å²) >= 11 is 5.36. The molecule has 0 aromatic rings. The third kappa shape index (κ3) is 2.33. The molecule has 1 aliphatic heterocycles. The number of thiocarbonyl (C=S) groups is 1. The highest BCUT2D eigenvalue weighted by Crippen LogP contribution is 2.30. The van der Waals surface area contributed by atoms with Crippen LogP contribution in [0.5, 0.6) is 0 Å². The van der Waals surface area contributed by atoms with Gasteiger partial charge in [-0.25, -0.2) is 0 Å². The number of nitrogens with zero attached hydrogens (tertiary/aromatic N) is 1. The fraction of sp³-hybridized carbons (Fsp3) is 0.750. The lowest BCUT2D eigenvalue weighted by molar-refractivity contribution is 0.290. The summed E-state index contributed by atoms with van der Waals surface area (Å²) in [6.45, 7) is 15.1. The predicted octanol–water partition coefficient (Wildman–Crippen LogP) is 2.90. The van der Waals surface area contributed by atoms with E-state index in [4.69, 9.17) is 12.2 Å². The Bertz CT molecular complexity index is 278. The highest BCUT2D eigenvalue weighted by atomic mass is 32.1. The van der Waals surface area contributed by atoms with Gasteiger partial charge in [-0.05, 0) is 38.9 Å². The molecule has 1 fully saturated rings. The summed E-state index contributed by atoms with van der Waals surface area (Å²) in [4.78, 5) is 2.14. The van der Waals surface area contributed by atoms with Crippen LogP contribution in [-0.4, -0.2) is 21.6 Å². The highest BCUT2D eigenvalue weighted by Gasteiger charge is 2.38. The van der Waals surface area contributed by atoms with Crippen LogP contribution in [-0.2, 0) is 0 Å². The van der Waals surface area contributed by atoms with E-state index in [0.29, 0.717) is 12.0 Å². The monoisotopic (exact) mass is 226 g/mol. The van der Waals surface area contributed by atoms with Gasteiger partial charge >= 0.3 is 0 Å². The second-order valence-corrected chi connectivity index (χ2v) is 5.70. The first kappa shape index (κ1) is 12.5. The third-order valence-electron chi connectivity index (χ3n) is 3.01. The largest absolute Gasteiger partial charge is 0.354 e. The van der Waals surface area contributed by atoms with Crippen LogP contribution in [0.15, 0.2) is 12.3 Å². The fourth-order valence-electron chi connectivity index (χ4n) is 1.99. The van der Waals surface area contributed by atoms with Crippen LogP contribution < -0.4 is 5.32 Å². The predicted molar refractivity (Wildman–Crippen MR) is 69.7 cm³/mol. The number of rotatable bonds is 2. The molecule has 1 N–H and O–H groups in total. The van der Waals surface area contributed by atoms with Crippen molar-refractivity contribution >= 4 is 17.3 Å². The molecule has 2 unspecified atom stereocenters. The molecule has 2 atom stereocenters. The second kappa shape index (κ2) is 4.12. The van der Waals surface area contributed by atoms with Gasteiger partial charge in [0.05, 0.1) is 6.04 Å². The smallest absolute Gasteiger partial charge is 0.174 e. The molecule has 0 aromatic heterocycles. The average molecular weight is 226 g/mol. The maximum Gasteiger partial charge on any atom is 0.174 e. The van der Waals surface area contributed by atoms with Crippen molar-refractivity contribution in [1.29, 1.82) is 0 Å². The Morgan fingerprint density at radius 1 is 1.53 bits per heavy atom. The van der Waals surface area contributed by atoms with Crippen molar-refractivity contribution in [2.24, 2.45) is 5.92 Å². The molecule has 1 aliphatic rings. The van der Waals surface area contributed by atoms with Crippen molar-refractivity contribution in [3.8, 4) is 0 Å². The van der Waals surface area contributed by atoms with Crippen LogP contribution in [0.4, 0.5) is 0 Å². The normalized spacial score (nSPS) is 24.3. The lowest BCUT2D eigenvalue weighted by atomic mass is 9.96. The van der Waals surface area contributed by atoms with E-state index in [-0.39, 0.29) is 5.54 Å². The molecule has 0 saturated carbocycles. The van der Waals surface area contributed by atoms with Gasteiger partial charge in [-0.15, -0.1) is 0 Å². The maximum absolute atomic E-state index is 5.36. The molecule has 0 aromatic carbocycles. The Labute approximate surface area is 98.7 Å². The first-order chi connectivity index (χ1) is 6.79. The van der Waals surface area contributed by atoms with Gasteiger partial charge in [0, 0.05) is 11.2 Å². The Hall–Kier alpha value is -0.570. The van der Waals surface area contributed by atoms with Crippen molar-refractivity contribution in [2.45, 2.75) is 52.6 Å². The molecule has 2 nitrogen and oxygen atoms in total. The summed E-state index contributed by atoms with van der Waals surface area (Å²) in [5, 5.41) is 4.19. The first-order valence-corrected chi connectivity index (χ1v) is 5.99. The summed E-state index contributed by atoms with van der Waals surface area (Å²) in [6.07, 6.45) is 1.14. The molecule has 86 valence electrons. The van der Waals surface area contributed by atoms with Crippen LogP contribution >= 0.6 is 12.2 Å². The van der Waals surface area contributed by atoms with Crippen molar-refractivity contribution in [2.75, 3.05) is 0 Å². The Balaban J connectivity index is 2.89. The minimum atomic E-state index is 0.0172. The maximum atomic E-state index is 5.36. The third-order valence-corrected chi connectivity index (χ3v) is 3.31. The van der Waals surface area contributed by atoms with Crippen LogP contribution in [0.3, 0.4) is 0 Å². The Kier molecular flexibility index (Phi) is 3.44. The standard InChI is InChI=1S/C12H22N2S/c1-7-8(2)10-9(3)14(11(15)13-10)12(4,5)6/h8,10H,3,7H2,1-2,4-6H3,(H,13,15). The van der Waals surface area contributed by atoms with Gasteiger partial charge in [-0.3, -0.25) is 0 Å². The number of hydrogen-bond donors (Lipinski definition) is 1. The van der Waals surface area contributed by atoms with Crippen LogP contribution in [0, 0.1) is 5.92 Å². The van der Waals surface area contributed by atoms with E-state index in [9.17, 15) is 0 Å². The molecule has 1 saturated heterocycles. The van der Waals surface area contributed by atoms with Gasteiger partial charge in [0.1, 0.15) is 0 Å². The minimum Gasteiger partial charge on any atom is -0.354 e. The van der Waals surface area contributed by atoms with Crippen LogP contribution in [0.2, 0.25) is 0 Å². The zero-order chi connectivity index (χ0) is 11.8. The zero-order valence-corrected chi connectivity index (χ0v) is 11.2. The lowest BCUT2D eigenvalue weighted by Gasteiger charge is -2.34. The van der Waals surface area contributed by atoms with E-state index in [0.717, 1.165) is 17.2 Å². The fourth-order valence-corrected chi connectivity index (χ4v) is 2.51. The number of nitrogens with one attached hydrogen (secondary N) is 1. The molecular weight excluding hydrogens is 204 g/mol. The molecule has 3 heteroatoms. The van der Waals surface area contributed by atoms with Gasteiger partial charge in [0.15, 0.2) is 5.11 Å². The van der Waals surface area contributed by atoms with Gasteiger partial charge in [-0.1, -0.05) is 26.8 Å². The zero-order valence-electron chi connectivity index (χ0n) is 10.4. The van der Waals surface area contributed by atoms with Gasteiger partial charge in [-0.2, -0.15) is 0 Å². The van der Waals surface area contributed by atoms with Crippen molar-refractivity contribution in [3.05, 3.63) is 12.3 Å². The first-order valence-electron chi connectivity index (χ1n) is 5.58. The van der Waals surface area contributed by atoms with Crippen molar-refractivity contribution < 1.29 is 0 Å². The molecule has 15 heavy (non-hydrogen) atoms. The summed E-state index contributed by atoms with van der Waals surface area (Å²) in [6, 6.07) is 0.307. The summed E-state index contributed by atoms with van der Waals surface area (Å²) in [5.74, 6) is 0.572. The van der Waals surface area contributed by atoms with Crippen molar-refractivity contribution in [3.63, 3.8) is 0 Å². The van der Waals surface area contributed by atoms with Gasteiger partial charge in [0.25, 0.3) is 0 Å². The summed E-state index contributed by atoms with van der Waals surface area (Å²) < 4.78 is 0. The summed E-state index contributed by atoms with van der Waals surface area (Å²) in [5.41, 5.74) is 1.13.